The van der Waals surface area contributed by atoms with Crippen molar-refractivity contribution in [1.82, 2.24) is 14.9 Å². The van der Waals surface area contributed by atoms with Gasteiger partial charge in [0.25, 0.3) is 5.91 Å². The number of nitrogens with zero attached hydrogens (tertiary/aromatic N) is 3. The molecule has 28 heavy (non-hydrogen) atoms. The standard InChI is InChI=1S/C21H20FN3O3/c1-14-11-19(21-17(22)3-2-6-23-21)24-18-5-4-15(12-16(14)18)28-13-20(26)25-7-9-27-10-8-25/h2-6,11-12H,7-10,13H2,1H3. The van der Waals surface area contributed by atoms with Crippen LogP contribution in [0.3, 0.4) is 0 Å². The molecule has 0 bridgehead atoms. The second kappa shape index (κ2) is 7.90. The van der Waals surface area contributed by atoms with E-state index in [0.29, 0.717) is 43.3 Å². The Labute approximate surface area is 161 Å². The first-order valence-corrected chi connectivity index (χ1v) is 9.12. The topological polar surface area (TPSA) is 64.6 Å². The van der Waals surface area contributed by atoms with Gasteiger partial charge in [-0.1, -0.05) is 0 Å². The van der Waals surface area contributed by atoms with Crippen molar-refractivity contribution >= 4 is 16.8 Å². The number of pyridine rings is 2. The minimum absolute atomic E-state index is 0.0186. The summed E-state index contributed by atoms with van der Waals surface area (Å²) in [5.41, 5.74) is 2.35. The average Bonchev–Trinajstić information content (AvgIpc) is 2.73. The fourth-order valence-electron chi connectivity index (χ4n) is 3.21. The van der Waals surface area contributed by atoms with E-state index in [1.165, 1.54) is 6.07 Å². The van der Waals surface area contributed by atoms with Crippen LogP contribution < -0.4 is 4.74 Å². The molecule has 0 atom stereocenters. The van der Waals surface area contributed by atoms with E-state index in [9.17, 15) is 9.18 Å². The van der Waals surface area contributed by atoms with Gasteiger partial charge in [-0.05, 0) is 48.9 Å². The van der Waals surface area contributed by atoms with Gasteiger partial charge >= 0.3 is 0 Å². The summed E-state index contributed by atoms with van der Waals surface area (Å²) in [5, 5.41) is 0.886. The average molecular weight is 381 g/mol. The summed E-state index contributed by atoms with van der Waals surface area (Å²) in [7, 11) is 0. The summed E-state index contributed by atoms with van der Waals surface area (Å²) in [5.74, 6) is 0.130. The Morgan fingerprint density at radius 2 is 2.07 bits per heavy atom. The lowest BCUT2D eigenvalue weighted by Gasteiger charge is -2.26. The number of amides is 1. The van der Waals surface area contributed by atoms with Crippen LogP contribution in [0.5, 0.6) is 5.75 Å². The summed E-state index contributed by atoms with van der Waals surface area (Å²) >= 11 is 0. The number of rotatable bonds is 4. The maximum Gasteiger partial charge on any atom is 0.260 e. The van der Waals surface area contributed by atoms with Gasteiger partial charge in [-0.2, -0.15) is 0 Å². The van der Waals surface area contributed by atoms with E-state index in [2.05, 4.69) is 9.97 Å². The number of ether oxygens (including phenoxy) is 2. The fourth-order valence-corrected chi connectivity index (χ4v) is 3.21. The zero-order valence-electron chi connectivity index (χ0n) is 15.5. The van der Waals surface area contributed by atoms with E-state index in [4.69, 9.17) is 9.47 Å². The Kier molecular flexibility index (Phi) is 5.16. The van der Waals surface area contributed by atoms with Crippen molar-refractivity contribution in [2.24, 2.45) is 0 Å². The minimum atomic E-state index is -0.407. The molecule has 1 amide bonds. The highest BCUT2D eigenvalue weighted by Gasteiger charge is 2.17. The van der Waals surface area contributed by atoms with Crippen LogP contribution in [0.2, 0.25) is 0 Å². The van der Waals surface area contributed by atoms with Crippen LogP contribution in [0.4, 0.5) is 4.39 Å². The van der Waals surface area contributed by atoms with Crippen LogP contribution >= 0.6 is 0 Å². The number of hydrogen-bond acceptors (Lipinski definition) is 5. The number of aryl methyl sites for hydroxylation is 1. The Morgan fingerprint density at radius 3 is 2.86 bits per heavy atom. The molecule has 0 N–H and O–H groups in total. The van der Waals surface area contributed by atoms with Gasteiger partial charge in [-0.25, -0.2) is 9.37 Å². The number of carbonyl (C=O) groups is 1. The summed E-state index contributed by atoms with van der Waals surface area (Å²) in [4.78, 5) is 22.6. The van der Waals surface area contributed by atoms with E-state index in [0.717, 1.165) is 10.9 Å². The van der Waals surface area contributed by atoms with Crippen LogP contribution in [0.1, 0.15) is 5.56 Å². The van der Waals surface area contributed by atoms with Crippen molar-refractivity contribution < 1.29 is 18.7 Å². The maximum absolute atomic E-state index is 14.0. The molecule has 0 radical (unpaired) electrons. The van der Waals surface area contributed by atoms with Gasteiger partial charge in [0.2, 0.25) is 0 Å². The first-order valence-electron chi connectivity index (χ1n) is 9.12. The molecule has 3 aromatic rings. The molecule has 1 saturated heterocycles. The molecule has 0 aliphatic carbocycles. The van der Waals surface area contributed by atoms with Gasteiger partial charge in [0.05, 0.1) is 24.4 Å². The summed E-state index contributed by atoms with van der Waals surface area (Å²) < 4.78 is 25.0. The molecular formula is C21H20FN3O3. The van der Waals surface area contributed by atoms with E-state index < -0.39 is 5.82 Å². The van der Waals surface area contributed by atoms with Crippen LogP contribution in [-0.4, -0.2) is 53.7 Å². The molecule has 2 aromatic heterocycles. The van der Waals surface area contributed by atoms with Crippen molar-refractivity contribution in [3.05, 3.63) is 54.0 Å². The van der Waals surface area contributed by atoms with Crippen molar-refractivity contribution in [1.29, 1.82) is 0 Å². The van der Waals surface area contributed by atoms with Crippen LogP contribution in [0.15, 0.2) is 42.6 Å². The Morgan fingerprint density at radius 1 is 1.25 bits per heavy atom. The SMILES string of the molecule is Cc1cc(-c2ncccc2F)nc2ccc(OCC(=O)N3CCOCC3)cc12. The molecule has 0 unspecified atom stereocenters. The molecule has 4 rings (SSSR count). The highest BCUT2D eigenvalue weighted by atomic mass is 19.1. The molecule has 1 aliphatic heterocycles. The maximum atomic E-state index is 14.0. The van der Waals surface area contributed by atoms with Crippen LogP contribution in [0.25, 0.3) is 22.3 Å². The van der Waals surface area contributed by atoms with Crippen molar-refractivity contribution in [2.45, 2.75) is 6.92 Å². The lowest BCUT2D eigenvalue weighted by atomic mass is 10.1. The zero-order chi connectivity index (χ0) is 19.5. The van der Waals surface area contributed by atoms with Crippen molar-refractivity contribution in [3.8, 4) is 17.1 Å². The molecular weight excluding hydrogens is 361 g/mol. The van der Waals surface area contributed by atoms with Gasteiger partial charge in [-0.15, -0.1) is 0 Å². The number of carbonyl (C=O) groups excluding carboxylic acids is 1. The molecule has 6 nitrogen and oxygen atoms in total. The molecule has 1 aromatic carbocycles. The van der Waals surface area contributed by atoms with E-state index in [1.807, 2.05) is 13.0 Å². The van der Waals surface area contributed by atoms with Crippen LogP contribution in [0, 0.1) is 12.7 Å². The first-order chi connectivity index (χ1) is 13.6. The summed E-state index contributed by atoms with van der Waals surface area (Å²) in [6.45, 7) is 4.22. The third kappa shape index (κ3) is 3.80. The van der Waals surface area contributed by atoms with E-state index in [1.54, 1.807) is 35.4 Å². The third-order valence-electron chi connectivity index (χ3n) is 4.71. The number of fused-ring (bicyclic) bond motifs is 1. The van der Waals surface area contributed by atoms with Crippen LogP contribution in [-0.2, 0) is 9.53 Å². The number of hydrogen-bond donors (Lipinski definition) is 0. The van der Waals surface area contributed by atoms with E-state index >= 15 is 0 Å². The summed E-state index contributed by atoms with van der Waals surface area (Å²) in [6, 6.07) is 10.1. The zero-order valence-corrected chi connectivity index (χ0v) is 15.5. The van der Waals surface area contributed by atoms with Gasteiger partial charge in [0.15, 0.2) is 12.4 Å². The largest absolute Gasteiger partial charge is 0.484 e. The number of benzene rings is 1. The van der Waals surface area contributed by atoms with Gasteiger partial charge < -0.3 is 14.4 Å². The molecule has 7 heteroatoms. The predicted molar refractivity (Wildman–Crippen MR) is 103 cm³/mol. The molecule has 3 heterocycles. The van der Waals surface area contributed by atoms with Gasteiger partial charge in [0.1, 0.15) is 11.4 Å². The Hall–Kier alpha value is -3.06. The lowest BCUT2D eigenvalue weighted by Crippen LogP contribution is -2.42. The number of halogens is 1. The lowest BCUT2D eigenvalue weighted by molar-refractivity contribution is -0.137. The third-order valence-corrected chi connectivity index (χ3v) is 4.71. The van der Waals surface area contributed by atoms with Gasteiger partial charge in [-0.3, -0.25) is 9.78 Å². The normalized spacial score (nSPS) is 14.3. The molecule has 144 valence electrons. The number of morpholine rings is 1. The minimum Gasteiger partial charge on any atom is -0.484 e. The monoisotopic (exact) mass is 381 g/mol. The van der Waals surface area contributed by atoms with Crippen molar-refractivity contribution in [3.63, 3.8) is 0 Å². The van der Waals surface area contributed by atoms with Gasteiger partial charge in [0, 0.05) is 24.7 Å². The second-order valence-corrected chi connectivity index (χ2v) is 6.62. The Bertz CT molecular complexity index is 1020. The van der Waals surface area contributed by atoms with E-state index in [-0.39, 0.29) is 18.2 Å². The molecule has 0 saturated carbocycles. The molecule has 1 fully saturated rings. The first kappa shape index (κ1) is 18.3. The predicted octanol–water partition coefficient (Wildman–Crippen LogP) is 2.98. The smallest absolute Gasteiger partial charge is 0.260 e. The molecule has 0 spiro atoms. The Balaban J connectivity index is 1.54. The fraction of sp³-hybridized carbons (Fsp3) is 0.286. The van der Waals surface area contributed by atoms with Crippen molar-refractivity contribution in [2.75, 3.05) is 32.9 Å². The quantitative estimate of drug-likeness (QED) is 0.695. The summed E-state index contributed by atoms with van der Waals surface area (Å²) in [6.07, 6.45) is 1.54. The highest BCUT2D eigenvalue weighted by Crippen LogP contribution is 2.27. The number of aromatic nitrogens is 2. The second-order valence-electron chi connectivity index (χ2n) is 6.62. The highest BCUT2D eigenvalue weighted by molar-refractivity contribution is 5.86. The molecule has 1 aliphatic rings.